The first kappa shape index (κ1) is 23.2. The molecule has 0 fully saturated rings. The Bertz CT molecular complexity index is 1090. The Morgan fingerprint density at radius 1 is 1.00 bits per heavy atom. The zero-order valence-corrected chi connectivity index (χ0v) is 17.6. The summed E-state index contributed by atoms with van der Waals surface area (Å²) in [4.78, 5) is 21.7. The number of nitrogens with two attached hydrogens (primary N) is 1. The van der Waals surface area contributed by atoms with E-state index in [4.69, 9.17) is 10.8 Å². The van der Waals surface area contributed by atoms with Crippen molar-refractivity contribution >= 4 is 27.8 Å². The van der Waals surface area contributed by atoms with E-state index in [1.54, 1.807) is 25.1 Å². The Balaban J connectivity index is 0.000000269. The minimum absolute atomic E-state index is 0.000484. The Morgan fingerprint density at radius 2 is 1.57 bits per heavy atom. The second kappa shape index (κ2) is 9.17. The van der Waals surface area contributed by atoms with E-state index in [1.807, 2.05) is 6.07 Å². The molecular formula is C21H18BrF3N2O3. The fourth-order valence-electron chi connectivity index (χ4n) is 2.92. The molecule has 3 N–H and O–H groups in total. The molecule has 0 saturated carbocycles. The third kappa shape index (κ3) is 5.10. The van der Waals surface area contributed by atoms with Gasteiger partial charge in [-0.25, -0.2) is 4.79 Å². The number of aromatic carboxylic acids is 1. The monoisotopic (exact) mass is 482 g/mol. The summed E-state index contributed by atoms with van der Waals surface area (Å²) in [6.45, 7) is 3.07. The number of carboxylic acid groups (broad SMARTS) is 1. The van der Waals surface area contributed by atoms with E-state index in [9.17, 15) is 22.8 Å². The normalized spacial score (nSPS) is 10.9. The van der Waals surface area contributed by atoms with Gasteiger partial charge < -0.3 is 15.4 Å². The highest BCUT2D eigenvalue weighted by Crippen LogP contribution is 2.35. The number of aryl methyl sites for hydroxylation is 1. The molecule has 9 heteroatoms. The Morgan fingerprint density at radius 3 is 2.03 bits per heavy atom. The third-order valence-electron chi connectivity index (χ3n) is 4.25. The van der Waals surface area contributed by atoms with Gasteiger partial charge in [0.2, 0.25) is 5.91 Å². The van der Waals surface area contributed by atoms with Gasteiger partial charge in [-0.3, -0.25) is 4.79 Å². The highest BCUT2D eigenvalue weighted by atomic mass is 79.9. The predicted octanol–water partition coefficient (Wildman–Crippen LogP) is 5.36. The maximum Gasteiger partial charge on any atom is 0.418 e. The number of halogens is 4. The van der Waals surface area contributed by atoms with Crippen LogP contribution in [0.25, 0.3) is 5.69 Å². The molecule has 0 unspecified atom stereocenters. The van der Waals surface area contributed by atoms with Crippen LogP contribution < -0.4 is 5.73 Å². The van der Waals surface area contributed by atoms with Crippen molar-refractivity contribution in [3.05, 3.63) is 87.1 Å². The first-order valence-corrected chi connectivity index (χ1v) is 9.37. The maximum atomic E-state index is 13.0. The molecule has 2 aromatic carbocycles. The number of nitrogens with zero attached hydrogens (tertiary/aromatic N) is 1. The van der Waals surface area contributed by atoms with Gasteiger partial charge in [0.05, 0.1) is 22.4 Å². The van der Waals surface area contributed by atoms with E-state index in [0.717, 1.165) is 10.5 Å². The van der Waals surface area contributed by atoms with Crippen LogP contribution in [0, 0.1) is 13.8 Å². The van der Waals surface area contributed by atoms with Crippen LogP contribution in [0.1, 0.15) is 37.7 Å². The molecule has 1 amide bonds. The fourth-order valence-corrected chi connectivity index (χ4v) is 3.40. The quantitative estimate of drug-likeness (QED) is 0.526. The van der Waals surface area contributed by atoms with Crippen LogP contribution in [-0.2, 0) is 6.18 Å². The molecule has 0 aliphatic carbocycles. The minimum atomic E-state index is -4.50. The van der Waals surface area contributed by atoms with Gasteiger partial charge in [-0.05, 0) is 60.1 Å². The Kier molecular flexibility index (Phi) is 7.09. The molecule has 30 heavy (non-hydrogen) atoms. The first-order chi connectivity index (χ1) is 13.9. The molecule has 158 valence electrons. The number of rotatable bonds is 3. The molecule has 0 radical (unpaired) electrons. The zero-order chi connectivity index (χ0) is 22.6. The molecule has 3 rings (SSSR count). The van der Waals surface area contributed by atoms with Crippen LogP contribution in [0.3, 0.4) is 0 Å². The summed E-state index contributed by atoms with van der Waals surface area (Å²) in [5, 5.41) is 9.04. The van der Waals surface area contributed by atoms with Crippen molar-refractivity contribution in [1.82, 2.24) is 4.57 Å². The molecule has 0 spiro atoms. The molecule has 0 atom stereocenters. The van der Waals surface area contributed by atoms with Gasteiger partial charge in [0.1, 0.15) is 0 Å². The van der Waals surface area contributed by atoms with E-state index in [-0.39, 0.29) is 16.9 Å². The Labute approximate surface area is 179 Å². The number of carbonyl (C=O) groups is 2. The van der Waals surface area contributed by atoms with E-state index in [0.29, 0.717) is 11.3 Å². The van der Waals surface area contributed by atoms with Crippen LogP contribution in [0.4, 0.5) is 13.2 Å². The first-order valence-electron chi connectivity index (χ1n) is 8.58. The molecule has 1 aromatic heterocycles. The second-order valence-corrected chi connectivity index (χ2v) is 7.14. The van der Waals surface area contributed by atoms with E-state index in [1.165, 1.54) is 35.8 Å². The van der Waals surface area contributed by atoms with Crippen molar-refractivity contribution in [3.63, 3.8) is 0 Å². The highest BCUT2D eigenvalue weighted by molar-refractivity contribution is 9.10. The lowest BCUT2D eigenvalue weighted by Gasteiger charge is -2.16. The van der Waals surface area contributed by atoms with Crippen molar-refractivity contribution in [2.24, 2.45) is 5.73 Å². The average Bonchev–Trinajstić information content (AvgIpc) is 2.96. The molecule has 5 nitrogen and oxygen atoms in total. The molecule has 3 aromatic rings. The zero-order valence-electron chi connectivity index (χ0n) is 16.0. The number of benzene rings is 2. The number of aromatic nitrogens is 1. The Hall–Kier alpha value is -3.07. The van der Waals surface area contributed by atoms with Gasteiger partial charge in [0, 0.05) is 15.9 Å². The number of amides is 1. The summed E-state index contributed by atoms with van der Waals surface area (Å²) in [5.74, 6) is -1.57. The molecular weight excluding hydrogens is 465 g/mol. The van der Waals surface area contributed by atoms with E-state index < -0.39 is 23.6 Å². The van der Waals surface area contributed by atoms with Gasteiger partial charge >= 0.3 is 12.1 Å². The molecule has 0 saturated heterocycles. The van der Waals surface area contributed by atoms with Gasteiger partial charge in [-0.15, -0.1) is 0 Å². The number of hydrogen-bond acceptors (Lipinski definition) is 2. The molecule has 0 aliphatic heterocycles. The van der Waals surface area contributed by atoms with Gasteiger partial charge in [-0.2, -0.15) is 13.2 Å². The fraction of sp³-hybridized carbons (Fsp3) is 0.143. The van der Waals surface area contributed by atoms with Crippen LogP contribution in [0.5, 0.6) is 0 Å². The van der Waals surface area contributed by atoms with E-state index >= 15 is 0 Å². The lowest BCUT2D eigenvalue weighted by atomic mass is 10.1. The largest absolute Gasteiger partial charge is 0.478 e. The van der Waals surface area contributed by atoms with Gasteiger partial charge in [0.25, 0.3) is 0 Å². The van der Waals surface area contributed by atoms with Crippen LogP contribution in [0.15, 0.2) is 59.1 Å². The molecule has 0 aliphatic rings. The summed E-state index contributed by atoms with van der Waals surface area (Å²) < 4.78 is 41.1. The summed E-state index contributed by atoms with van der Waals surface area (Å²) in [6.07, 6.45) is -4.50. The highest BCUT2D eigenvalue weighted by Gasteiger charge is 2.34. The number of hydrogen-bond donors (Lipinski definition) is 2. The number of carboxylic acids is 1. The van der Waals surface area contributed by atoms with Crippen molar-refractivity contribution in [3.8, 4) is 5.69 Å². The van der Waals surface area contributed by atoms with Crippen molar-refractivity contribution in [2.45, 2.75) is 20.0 Å². The van der Waals surface area contributed by atoms with Crippen LogP contribution in [0.2, 0.25) is 0 Å². The van der Waals surface area contributed by atoms with Crippen molar-refractivity contribution < 1.29 is 27.9 Å². The predicted molar refractivity (Wildman–Crippen MR) is 110 cm³/mol. The van der Waals surface area contributed by atoms with Gasteiger partial charge in [0.15, 0.2) is 0 Å². The minimum Gasteiger partial charge on any atom is -0.478 e. The third-order valence-corrected chi connectivity index (χ3v) is 4.94. The summed E-state index contributed by atoms with van der Waals surface area (Å²) in [5.41, 5.74) is 5.41. The van der Waals surface area contributed by atoms with Crippen molar-refractivity contribution in [2.75, 3.05) is 0 Å². The smallest absolute Gasteiger partial charge is 0.418 e. The number of carbonyl (C=O) groups excluding carboxylic acids is 1. The van der Waals surface area contributed by atoms with E-state index in [2.05, 4.69) is 15.9 Å². The molecule has 0 bridgehead atoms. The summed E-state index contributed by atoms with van der Waals surface area (Å²) in [6, 6.07) is 13.5. The summed E-state index contributed by atoms with van der Waals surface area (Å²) >= 11 is 3.20. The SMILES string of the molecule is Cc1cc(C(=O)O)c(C)n1-c1ccccc1C(F)(F)F.NC(=O)c1ccccc1Br. The van der Waals surface area contributed by atoms with Crippen LogP contribution in [-0.4, -0.2) is 21.6 Å². The number of para-hydroxylation sites is 1. The molecule has 1 heterocycles. The second-order valence-electron chi connectivity index (χ2n) is 6.28. The number of alkyl halides is 3. The van der Waals surface area contributed by atoms with Crippen molar-refractivity contribution in [1.29, 1.82) is 0 Å². The number of primary amides is 1. The van der Waals surface area contributed by atoms with Gasteiger partial charge in [-0.1, -0.05) is 24.3 Å². The average molecular weight is 483 g/mol. The maximum absolute atomic E-state index is 13.0. The lowest BCUT2D eigenvalue weighted by Crippen LogP contribution is -2.12. The topological polar surface area (TPSA) is 85.3 Å². The standard InChI is InChI=1S/C14H12F3NO2.C7H6BrNO/c1-8-7-10(13(19)20)9(2)18(8)12-6-4-3-5-11(12)14(15,16)17;8-6-4-2-1-3-5(6)7(9)10/h3-7H,1-2H3,(H,19,20);1-4H,(H2,9,10). The lowest BCUT2D eigenvalue weighted by molar-refractivity contribution is -0.137. The summed E-state index contributed by atoms with van der Waals surface area (Å²) in [7, 11) is 0. The van der Waals surface area contributed by atoms with Crippen LogP contribution >= 0.6 is 15.9 Å².